The fourth-order valence-corrected chi connectivity index (χ4v) is 2.36. The Labute approximate surface area is 103 Å². The van der Waals surface area contributed by atoms with E-state index in [1.807, 2.05) is 4.90 Å². The van der Waals surface area contributed by atoms with Gasteiger partial charge in [-0.15, -0.1) is 0 Å². The van der Waals surface area contributed by atoms with E-state index in [0.29, 0.717) is 38.9 Å². The predicted octanol–water partition coefficient (Wildman–Crippen LogP) is -1.87. The first-order valence-electron chi connectivity index (χ1n) is 6.09. The Kier molecular flexibility index (Phi) is 9.62. The van der Waals surface area contributed by atoms with Crippen LogP contribution < -0.4 is 5.73 Å². The minimum atomic E-state index is -0.441. The highest BCUT2D eigenvalue weighted by Crippen LogP contribution is 2.27. The number of aliphatic hydroxyl groups is 4. The second-order valence-corrected chi connectivity index (χ2v) is 4.14. The number of rotatable bonds is 11. The van der Waals surface area contributed by atoms with Gasteiger partial charge in [0, 0.05) is 31.8 Å². The molecule has 0 aromatic rings. The van der Waals surface area contributed by atoms with E-state index in [1.54, 1.807) is 0 Å². The Hall–Kier alpha value is -0.240. The summed E-state index contributed by atoms with van der Waals surface area (Å²) in [5.74, 6) is 0. The molecule has 6 nitrogen and oxygen atoms in total. The number of β-amino-alcohol motifs (C(OH)–C–C–N with tert-alkyl or cyclic N) is 2. The number of nitrogens with two attached hydrogens (primary N) is 1. The molecule has 0 radical (unpaired) electrons. The summed E-state index contributed by atoms with van der Waals surface area (Å²) >= 11 is 0. The van der Waals surface area contributed by atoms with Gasteiger partial charge >= 0.3 is 0 Å². The molecule has 0 atom stereocenters. The van der Waals surface area contributed by atoms with Crippen LogP contribution in [0.25, 0.3) is 0 Å². The molecule has 17 heavy (non-hydrogen) atoms. The van der Waals surface area contributed by atoms with Crippen LogP contribution in [-0.2, 0) is 0 Å². The van der Waals surface area contributed by atoms with E-state index in [0.717, 1.165) is 0 Å². The summed E-state index contributed by atoms with van der Waals surface area (Å²) in [5, 5.41) is 36.4. The molecule has 0 unspecified atom stereocenters. The first kappa shape index (κ1) is 16.8. The Balaban J connectivity index is 4.87. The molecule has 0 spiro atoms. The highest BCUT2D eigenvalue weighted by atomic mass is 16.3. The third-order valence-electron chi connectivity index (χ3n) is 3.17. The van der Waals surface area contributed by atoms with Crippen molar-refractivity contribution in [3.63, 3.8) is 0 Å². The Morgan fingerprint density at radius 1 is 0.765 bits per heavy atom. The molecule has 0 saturated carbocycles. The molecular weight excluding hydrogens is 224 g/mol. The number of hydrogen-bond donors (Lipinski definition) is 5. The van der Waals surface area contributed by atoms with Crippen LogP contribution in [0.3, 0.4) is 0 Å². The molecule has 6 heteroatoms. The van der Waals surface area contributed by atoms with E-state index >= 15 is 0 Å². The molecule has 0 amide bonds. The molecule has 0 rings (SSSR count). The van der Waals surface area contributed by atoms with Crippen LogP contribution in [0, 0.1) is 0 Å². The third kappa shape index (κ3) is 5.29. The molecule has 0 saturated heterocycles. The lowest BCUT2D eigenvalue weighted by Gasteiger charge is -2.43. The topological polar surface area (TPSA) is 110 Å². The van der Waals surface area contributed by atoms with Gasteiger partial charge in [-0.05, 0) is 25.8 Å². The molecule has 0 aliphatic heterocycles. The Morgan fingerprint density at radius 2 is 1.24 bits per heavy atom. The smallest absolute Gasteiger partial charge is 0.0558 e. The van der Waals surface area contributed by atoms with Crippen molar-refractivity contribution in [1.29, 1.82) is 0 Å². The van der Waals surface area contributed by atoms with Crippen molar-refractivity contribution in [2.75, 3.05) is 46.1 Å². The van der Waals surface area contributed by atoms with Crippen molar-refractivity contribution >= 4 is 0 Å². The molecule has 0 fully saturated rings. The van der Waals surface area contributed by atoms with Crippen molar-refractivity contribution in [3.8, 4) is 0 Å². The fraction of sp³-hybridized carbons (Fsp3) is 1.00. The standard InChI is InChI=1S/C11H26N2O4/c12-4-1-11(2-7-14,3-8-15)13(5-9-16)6-10-17/h14-17H,1-10,12H2. The maximum Gasteiger partial charge on any atom is 0.0558 e. The van der Waals surface area contributed by atoms with Crippen LogP contribution in [0.4, 0.5) is 0 Å². The number of hydrogen-bond acceptors (Lipinski definition) is 6. The molecule has 0 bridgehead atoms. The first-order chi connectivity index (χ1) is 8.20. The molecule has 0 heterocycles. The number of aliphatic hydroxyl groups excluding tert-OH is 4. The van der Waals surface area contributed by atoms with E-state index < -0.39 is 5.54 Å². The highest BCUT2D eigenvalue weighted by molar-refractivity contribution is 4.90. The van der Waals surface area contributed by atoms with Crippen molar-refractivity contribution in [2.45, 2.75) is 24.8 Å². The predicted molar refractivity (Wildman–Crippen MR) is 65.6 cm³/mol. The molecule has 0 aliphatic carbocycles. The summed E-state index contributed by atoms with van der Waals surface area (Å²) in [6.07, 6.45) is 1.57. The molecule has 104 valence electrons. The zero-order valence-corrected chi connectivity index (χ0v) is 10.4. The number of nitrogens with zero attached hydrogens (tertiary/aromatic N) is 1. The van der Waals surface area contributed by atoms with Crippen LogP contribution >= 0.6 is 0 Å². The van der Waals surface area contributed by atoms with Crippen LogP contribution in [0.15, 0.2) is 0 Å². The van der Waals surface area contributed by atoms with Gasteiger partial charge in [0.15, 0.2) is 0 Å². The SMILES string of the molecule is NCCC(CCO)(CCO)N(CCO)CCO. The van der Waals surface area contributed by atoms with Gasteiger partial charge in [0.2, 0.25) is 0 Å². The monoisotopic (exact) mass is 250 g/mol. The van der Waals surface area contributed by atoms with Crippen LogP contribution in [-0.4, -0.2) is 76.9 Å². The zero-order valence-electron chi connectivity index (χ0n) is 10.4. The van der Waals surface area contributed by atoms with Gasteiger partial charge in [0.1, 0.15) is 0 Å². The van der Waals surface area contributed by atoms with Gasteiger partial charge in [0.05, 0.1) is 13.2 Å². The average Bonchev–Trinajstić information content (AvgIpc) is 2.29. The van der Waals surface area contributed by atoms with Gasteiger partial charge in [-0.2, -0.15) is 0 Å². The fourth-order valence-electron chi connectivity index (χ4n) is 2.36. The average molecular weight is 250 g/mol. The van der Waals surface area contributed by atoms with E-state index in [-0.39, 0.29) is 26.4 Å². The minimum absolute atomic E-state index is 0.00659. The van der Waals surface area contributed by atoms with Gasteiger partial charge in [-0.1, -0.05) is 0 Å². The summed E-state index contributed by atoms with van der Waals surface area (Å²) in [5.41, 5.74) is 5.15. The summed E-state index contributed by atoms with van der Waals surface area (Å²) in [6.45, 7) is 1.18. The maximum atomic E-state index is 9.17. The summed E-state index contributed by atoms with van der Waals surface area (Å²) in [7, 11) is 0. The van der Waals surface area contributed by atoms with Crippen molar-refractivity contribution in [1.82, 2.24) is 4.90 Å². The lowest BCUT2D eigenvalue weighted by molar-refractivity contribution is 0.00976. The molecule has 0 aromatic heterocycles. The van der Waals surface area contributed by atoms with Crippen molar-refractivity contribution < 1.29 is 20.4 Å². The van der Waals surface area contributed by atoms with Crippen LogP contribution in [0.1, 0.15) is 19.3 Å². The van der Waals surface area contributed by atoms with E-state index in [2.05, 4.69) is 0 Å². The summed E-state index contributed by atoms with van der Waals surface area (Å²) in [6, 6.07) is 0. The van der Waals surface area contributed by atoms with Crippen molar-refractivity contribution in [2.24, 2.45) is 5.73 Å². The molecule has 0 aliphatic rings. The van der Waals surface area contributed by atoms with Gasteiger partial charge in [-0.3, -0.25) is 4.90 Å². The van der Waals surface area contributed by atoms with E-state index in [9.17, 15) is 0 Å². The molecule has 0 aromatic carbocycles. The zero-order chi connectivity index (χ0) is 13.1. The normalized spacial score (nSPS) is 12.4. The van der Waals surface area contributed by atoms with E-state index in [1.165, 1.54) is 0 Å². The van der Waals surface area contributed by atoms with Crippen molar-refractivity contribution in [3.05, 3.63) is 0 Å². The van der Waals surface area contributed by atoms with Crippen LogP contribution in [0.2, 0.25) is 0 Å². The first-order valence-corrected chi connectivity index (χ1v) is 6.09. The lowest BCUT2D eigenvalue weighted by atomic mass is 9.85. The van der Waals surface area contributed by atoms with E-state index in [4.69, 9.17) is 26.2 Å². The Bertz CT molecular complexity index is 158. The Morgan fingerprint density at radius 3 is 1.53 bits per heavy atom. The second-order valence-electron chi connectivity index (χ2n) is 4.14. The van der Waals surface area contributed by atoms with Gasteiger partial charge in [0.25, 0.3) is 0 Å². The largest absolute Gasteiger partial charge is 0.396 e. The summed E-state index contributed by atoms with van der Waals surface area (Å²) in [4.78, 5) is 1.91. The maximum absolute atomic E-state index is 9.17. The molecule has 6 N–H and O–H groups in total. The van der Waals surface area contributed by atoms with Gasteiger partial charge < -0.3 is 26.2 Å². The third-order valence-corrected chi connectivity index (χ3v) is 3.17. The van der Waals surface area contributed by atoms with Crippen LogP contribution in [0.5, 0.6) is 0 Å². The summed E-state index contributed by atoms with van der Waals surface area (Å²) < 4.78 is 0. The quantitative estimate of drug-likeness (QED) is 0.294. The second kappa shape index (κ2) is 9.76. The van der Waals surface area contributed by atoms with Gasteiger partial charge in [-0.25, -0.2) is 0 Å². The lowest BCUT2D eigenvalue weighted by Crippen LogP contribution is -2.53. The molecular formula is C11H26N2O4. The highest BCUT2D eigenvalue weighted by Gasteiger charge is 2.34. The minimum Gasteiger partial charge on any atom is -0.396 e.